The summed E-state index contributed by atoms with van der Waals surface area (Å²) in [6.45, 7) is 6.46. The van der Waals surface area contributed by atoms with Crippen molar-refractivity contribution in [2.45, 2.75) is 115 Å². The second-order valence-corrected chi connectivity index (χ2v) is 14.2. The van der Waals surface area contributed by atoms with E-state index in [1.807, 2.05) is 0 Å². The van der Waals surface area contributed by atoms with E-state index >= 15 is 0 Å². The molecular formula is C35H48N8O8. The van der Waals surface area contributed by atoms with Gasteiger partial charge < -0.3 is 36.6 Å². The third-order valence-electron chi connectivity index (χ3n) is 10.0. The molecule has 0 spiro atoms. The first kappa shape index (κ1) is 37.4. The maximum absolute atomic E-state index is 14.0. The molecule has 6 N–H and O–H groups in total. The molecular weight excluding hydrogens is 660 g/mol. The van der Waals surface area contributed by atoms with Crippen LogP contribution < -0.4 is 32.1 Å². The van der Waals surface area contributed by atoms with Gasteiger partial charge in [-0.2, -0.15) is 0 Å². The van der Waals surface area contributed by atoms with Crippen LogP contribution in [0.25, 0.3) is 10.9 Å². The number of aliphatic hydroxyl groups excluding tert-OH is 1. The van der Waals surface area contributed by atoms with Gasteiger partial charge in [0.25, 0.3) is 5.56 Å². The summed E-state index contributed by atoms with van der Waals surface area (Å²) in [5, 5.41) is 25.0. The predicted octanol–water partition coefficient (Wildman–Crippen LogP) is -0.928. The van der Waals surface area contributed by atoms with Crippen LogP contribution in [0.4, 0.5) is 0 Å². The Hall–Kier alpha value is -4.86. The Morgan fingerprint density at radius 3 is 2.39 bits per heavy atom. The molecule has 2 aliphatic heterocycles. The van der Waals surface area contributed by atoms with Crippen molar-refractivity contribution in [1.29, 1.82) is 0 Å². The van der Waals surface area contributed by atoms with Gasteiger partial charge in [0.15, 0.2) is 0 Å². The lowest BCUT2D eigenvalue weighted by Crippen LogP contribution is -2.62. The van der Waals surface area contributed by atoms with Crippen molar-refractivity contribution in [3.05, 3.63) is 40.9 Å². The number of fused-ring (bicyclic) bond motifs is 3. The minimum Gasteiger partial charge on any atom is -0.391 e. The monoisotopic (exact) mass is 708 g/mol. The fourth-order valence-electron chi connectivity index (χ4n) is 7.14. The van der Waals surface area contributed by atoms with E-state index in [1.54, 1.807) is 38.1 Å². The molecule has 16 heteroatoms. The molecule has 1 aromatic heterocycles. The van der Waals surface area contributed by atoms with Crippen LogP contribution in [0.15, 0.2) is 35.4 Å². The SMILES string of the molecule is CC(C)[C@H]1NC(=O)[C@H]2CCC[C@@H]2NC(=O)[C@H](C)NC(=O)[C@@H]2C[C@H](NC(=O)CCCn3cnc4ccccc4c3=O)CN2C(=O)[C@H]([C@@H](C)O)NC1=O. The van der Waals surface area contributed by atoms with Crippen molar-refractivity contribution in [2.75, 3.05) is 6.54 Å². The van der Waals surface area contributed by atoms with Crippen LogP contribution in [0, 0.1) is 11.8 Å². The highest BCUT2D eigenvalue weighted by Crippen LogP contribution is 2.27. The van der Waals surface area contributed by atoms with E-state index in [4.69, 9.17) is 0 Å². The third-order valence-corrected chi connectivity index (χ3v) is 10.0. The zero-order valence-electron chi connectivity index (χ0n) is 29.4. The summed E-state index contributed by atoms with van der Waals surface area (Å²) in [6, 6.07) is 1.17. The lowest BCUT2D eigenvalue weighted by Gasteiger charge is -2.33. The van der Waals surface area contributed by atoms with Crippen LogP contribution in [-0.2, 0) is 35.3 Å². The summed E-state index contributed by atoms with van der Waals surface area (Å²) in [6.07, 6.45) is 2.19. The molecule has 0 bridgehead atoms. The fraction of sp³-hybridized carbons (Fsp3) is 0.600. The molecule has 51 heavy (non-hydrogen) atoms. The maximum Gasteiger partial charge on any atom is 0.261 e. The van der Waals surface area contributed by atoms with Gasteiger partial charge in [0.1, 0.15) is 24.2 Å². The molecule has 3 aliphatic rings. The zero-order valence-corrected chi connectivity index (χ0v) is 29.4. The molecule has 276 valence electrons. The van der Waals surface area contributed by atoms with Crippen molar-refractivity contribution in [3.8, 4) is 0 Å². The molecule has 0 unspecified atom stereocenters. The van der Waals surface area contributed by atoms with Crippen LogP contribution >= 0.6 is 0 Å². The second kappa shape index (κ2) is 16.0. The van der Waals surface area contributed by atoms with Gasteiger partial charge >= 0.3 is 0 Å². The molecule has 2 aromatic rings. The van der Waals surface area contributed by atoms with Gasteiger partial charge in [0.05, 0.1) is 29.3 Å². The number of aryl methyl sites for hydroxylation is 1. The van der Waals surface area contributed by atoms with Crippen molar-refractivity contribution < 1.29 is 33.9 Å². The van der Waals surface area contributed by atoms with Crippen molar-refractivity contribution in [1.82, 2.24) is 41.0 Å². The van der Waals surface area contributed by atoms with Crippen LogP contribution in [0.5, 0.6) is 0 Å². The first-order chi connectivity index (χ1) is 24.2. The first-order valence-electron chi connectivity index (χ1n) is 17.7. The Labute approximate surface area is 295 Å². The van der Waals surface area contributed by atoms with Crippen molar-refractivity contribution in [3.63, 3.8) is 0 Å². The van der Waals surface area contributed by atoms with Crippen LogP contribution in [0.2, 0.25) is 0 Å². The highest BCUT2D eigenvalue weighted by molar-refractivity contribution is 5.97. The normalized spacial score (nSPS) is 28.4. The summed E-state index contributed by atoms with van der Waals surface area (Å²) in [4.78, 5) is 99.2. The van der Waals surface area contributed by atoms with Gasteiger partial charge in [0, 0.05) is 31.6 Å². The first-order valence-corrected chi connectivity index (χ1v) is 17.7. The molecule has 3 fully saturated rings. The largest absolute Gasteiger partial charge is 0.391 e. The molecule has 2 saturated heterocycles. The van der Waals surface area contributed by atoms with Gasteiger partial charge in [-0.3, -0.25) is 38.1 Å². The molecule has 0 radical (unpaired) electrons. The summed E-state index contributed by atoms with van der Waals surface area (Å²) in [7, 11) is 0. The van der Waals surface area contributed by atoms with Crippen LogP contribution in [-0.4, -0.2) is 104 Å². The topological polar surface area (TPSA) is 221 Å². The molecule has 5 rings (SSSR count). The average molecular weight is 709 g/mol. The number of hydrogen-bond donors (Lipinski definition) is 6. The van der Waals surface area contributed by atoms with Gasteiger partial charge in [0.2, 0.25) is 35.4 Å². The van der Waals surface area contributed by atoms with Crippen molar-refractivity contribution in [2.24, 2.45) is 11.8 Å². The Bertz CT molecular complexity index is 1730. The Morgan fingerprint density at radius 1 is 0.941 bits per heavy atom. The van der Waals surface area contributed by atoms with Gasteiger partial charge in [-0.25, -0.2) is 4.98 Å². The third kappa shape index (κ3) is 8.55. The highest BCUT2D eigenvalue weighted by atomic mass is 16.3. The van der Waals surface area contributed by atoms with Gasteiger partial charge in [-0.1, -0.05) is 32.4 Å². The number of carbonyl (C=O) groups is 6. The van der Waals surface area contributed by atoms with E-state index in [0.717, 1.165) is 0 Å². The summed E-state index contributed by atoms with van der Waals surface area (Å²) in [5.41, 5.74) is 0.366. The predicted molar refractivity (Wildman–Crippen MR) is 185 cm³/mol. The Balaban J connectivity index is 1.32. The van der Waals surface area contributed by atoms with E-state index in [2.05, 4.69) is 31.6 Å². The molecule has 1 aromatic carbocycles. The standard InChI is InChI=1S/C35H48N8O8/c1-18(2)28-33(49)41-29(20(4)44)35(51)43-16-21(38-27(45)13-8-14-42-17-36-24-11-6-5-9-23(24)34(42)50)15-26(43)32(48)37-19(3)30(46)39-25-12-7-10-22(25)31(47)40-28/h5-6,9,11,17-22,25-26,28-29,44H,7-8,10,12-16H2,1-4H3,(H,37,48)(H,38,45)(H,39,46)(H,40,47)(H,41,49)/t19-,20+,21-,22-,25-,26-,28+,29-/m0/s1. The summed E-state index contributed by atoms with van der Waals surface area (Å²) >= 11 is 0. The number of nitrogens with zero attached hydrogens (tertiary/aromatic N) is 3. The summed E-state index contributed by atoms with van der Waals surface area (Å²) in [5.74, 6) is -4.31. The highest BCUT2D eigenvalue weighted by Gasteiger charge is 2.45. The molecule has 1 saturated carbocycles. The number of benzene rings is 1. The maximum atomic E-state index is 14.0. The quantitative estimate of drug-likeness (QED) is 0.209. The molecule has 8 atom stereocenters. The number of carbonyl (C=O) groups excluding carboxylic acids is 6. The number of aliphatic hydroxyl groups is 1. The van der Waals surface area contributed by atoms with E-state index in [1.165, 1.54) is 29.6 Å². The second-order valence-electron chi connectivity index (χ2n) is 14.2. The lowest BCUT2D eigenvalue weighted by molar-refractivity contribution is -0.145. The lowest BCUT2D eigenvalue weighted by atomic mass is 9.98. The molecule has 6 amide bonds. The Morgan fingerprint density at radius 2 is 1.67 bits per heavy atom. The number of amides is 6. The number of para-hydroxylation sites is 1. The zero-order chi connectivity index (χ0) is 37.0. The average Bonchev–Trinajstić information content (AvgIpc) is 3.73. The van der Waals surface area contributed by atoms with Crippen LogP contribution in [0.3, 0.4) is 0 Å². The Kier molecular flexibility index (Phi) is 11.7. The number of aromatic nitrogens is 2. The minimum absolute atomic E-state index is 0.0154. The molecule has 16 nitrogen and oxygen atoms in total. The van der Waals surface area contributed by atoms with Gasteiger partial charge in [-0.15, -0.1) is 0 Å². The van der Waals surface area contributed by atoms with Crippen molar-refractivity contribution >= 4 is 46.3 Å². The van der Waals surface area contributed by atoms with E-state index in [-0.39, 0.29) is 43.3 Å². The van der Waals surface area contributed by atoms with E-state index in [0.29, 0.717) is 36.6 Å². The summed E-state index contributed by atoms with van der Waals surface area (Å²) < 4.78 is 1.44. The van der Waals surface area contributed by atoms with Crippen LogP contribution in [0.1, 0.15) is 66.2 Å². The molecule has 1 aliphatic carbocycles. The number of nitrogens with one attached hydrogen (secondary N) is 5. The minimum atomic E-state index is -1.47. The molecule has 3 heterocycles. The smallest absolute Gasteiger partial charge is 0.261 e. The van der Waals surface area contributed by atoms with Gasteiger partial charge in [-0.05, 0) is 57.6 Å². The van der Waals surface area contributed by atoms with E-state index in [9.17, 15) is 38.7 Å². The van der Waals surface area contributed by atoms with E-state index < -0.39 is 77.8 Å². The fourth-order valence-corrected chi connectivity index (χ4v) is 7.14. The number of rotatable bonds is 7. The number of hydrogen-bond acceptors (Lipinski definition) is 9.